The highest BCUT2D eigenvalue weighted by atomic mass is 16.5. The lowest BCUT2D eigenvalue weighted by Gasteiger charge is -2.35. The van der Waals surface area contributed by atoms with E-state index in [1.165, 1.54) is 0 Å². The average Bonchev–Trinajstić information content (AvgIpc) is 2.32. The van der Waals surface area contributed by atoms with Crippen LogP contribution in [0.15, 0.2) is 18.3 Å². The van der Waals surface area contributed by atoms with Crippen molar-refractivity contribution < 1.29 is 9.84 Å². The SMILES string of the molecule is COc1ncccc1CN1CCC(C)(O)CC1. The lowest BCUT2D eigenvalue weighted by molar-refractivity contribution is -0.00745. The lowest BCUT2D eigenvalue weighted by atomic mass is 9.93. The second kappa shape index (κ2) is 5.02. The van der Waals surface area contributed by atoms with Gasteiger partial charge in [0.2, 0.25) is 5.88 Å². The molecule has 1 N–H and O–H groups in total. The van der Waals surface area contributed by atoms with Gasteiger partial charge in [-0.2, -0.15) is 0 Å². The Balaban J connectivity index is 1.98. The summed E-state index contributed by atoms with van der Waals surface area (Å²) in [5, 5.41) is 9.90. The van der Waals surface area contributed by atoms with Gasteiger partial charge in [0.1, 0.15) is 0 Å². The molecule has 0 atom stereocenters. The Kier molecular flexibility index (Phi) is 3.64. The fraction of sp³-hybridized carbons (Fsp3) is 0.615. The Bertz CT molecular complexity index is 369. The Morgan fingerprint density at radius 3 is 2.82 bits per heavy atom. The highest BCUT2D eigenvalue weighted by Gasteiger charge is 2.27. The number of piperidine rings is 1. The number of methoxy groups -OCH3 is 1. The van der Waals surface area contributed by atoms with E-state index in [1.807, 2.05) is 19.1 Å². The van der Waals surface area contributed by atoms with Crippen LogP contribution in [0.5, 0.6) is 5.88 Å². The normalized spacial score (nSPS) is 20.2. The number of aromatic nitrogens is 1. The molecule has 0 saturated carbocycles. The molecule has 1 aliphatic heterocycles. The van der Waals surface area contributed by atoms with Crippen LogP contribution >= 0.6 is 0 Å². The molecule has 94 valence electrons. The van der Waals surface area contributed by atoms with E-state index in [1.54, 1.807) is 13.3 Å². The highest BCUT2D eigenvalue weighted by molar-refractivity contribution is 5.25. The molecule has 17 heavy (non-hydrogen) atoms. The average molecular weight is 236 g/mol. The second-order valence-electron chi connectivity index (χ2n) is 4.94. The van der Waals surface area contributed by atoms with E-state index in [-0.39, 0.29) is 0 Å². The molecule has 1 aliphatic rings. The fourth-order valence-corrected chi connectivity index (χ4v) is 2.16. The van der Waals surface area contributed by atoms with E-state index in [0.29, 0.717) is 5.88 Å². The summed E-state index contributed by atoms with van der Waals surface area (Å²) in [5.41, 5.74) is 0.617. The molecule has 0 bridgehead atoms. The molecule has 2 heterocycles. The summed E-state index contributed by atoms with van der Waals surface area (Å²) in [6.07, 6.45) is 3.40. The minimum Gasteiger partial charge on any atom is -0.481 e. The smallest absolute Gasteiger partial charge is 0.217 e. The first-order valence-electron chi connectivity index (χ1n) is 6.03. The van der Waals surface area contributed by atoms with Crippen LogP contribution < -0.4 is 4.74 Å². The maximum Gasteiger partial charge on any atom is 0.217 e. The van der Waals surface area contributed by atoms with Crippen LogP contribution in [0.4, 0.5) is 0 Å². The highest BCUT2D eigenvalue weighted by Crippen LogP contribution is 2.24. The first-order valence-corrected chi connectivity index (χ1v) is 6.03. The van der Waals surface area contributed by atoms with Gasteiger partial charge >= 0.3 is 0 Å². The van der Waals surface area contributed by atoms with Crippen LogP contribution in [-0.4, -0.2) is 40.8 Å². The fourth-order valence-electron chi connectivity index (χ4n) is 2.16. The Morgan fingerprint density at radius 2 is 2.18 bits per heavy atom. The molecule has 2 rings (SSSR count). The Morgan fingerprint density at radius 1 is 1.47 bits per heavy atom. The first-order chi connectivity index (χ1) is 8.11. The summed E-state index contributed by atoms with van der Waals surface area (Å²) >= 11 is 0. The number of ether oxygens (including phenoxy) is 1. The largest absolute Gasteiger partial charge is 0.481 e. The van der Waals surface area contributed by atoms with Crippen molar-refractivity contribution >= 4 is 0 Å². The van der Waals surface area contributed by atoms with E-state index in [2.05, 4.69) is 9.88 Å². The van der Waals surface area contributed by atoms with Gasteiger partial charge in [-0.1, -0.05) is 6.07 Å². The van der Waals surface area contributed by atoms with Crippen molar-refractivity contribution in [1.29, 1.82) is 0 Å². The quantitative estimate of drug-likeness (QED) is 0.862. The van der Waals surface area contributed by atoms with Gasteiger partial charge in [-0.15, -0.1) is 0 Å². The number of hydrogen-bond donors (Lipinski definition) is 1. The number of aliphatic hydroxyl groups is 1. The van der Waals surface area contributed by atoms with Crippen LogP contribution in [0.25, 0.3) is 0 Å². The molecule has 0 aromatic carbocycles. The molecule has 0 amide bonds. The second-order valence-corrected chi connectivity index (χ2v) is 4.94. The maximum absolute atomic E-state index is 9.90. The number of pyridine rings is 1. The Hall–Kier alpha value is -1.13. The summed E-state index contributed by atoms with van der Waals surface area (Å²) in [5.74, 6) is 0.699. The first kappa shape index (κ1) is 12.3. The third-order valence-corrected chi connectivity index (χ3v) is 3.37. The van der Waals surface area contributed by atoms with Crippen LogP contribution in [0.2, 0.25) is 0 Å². The summed E-state index contributed by atoms with van der Waals surface area (Å²) < 4.78 is 5.24. The summed E-state index contributed by atoms with van der Waals surface area (Å²) in [7, 11) is 1.65. The minimum absolute atomic E-state index is 0.491. The van der Waals surface area contributed by atoms with Crippen LogP contribution in [0.1, 0.15) is 25.3 Å². The zero-order valence-corrected chi connectivity index (χ0v) is 10.5. The van der Waals surface area contributed by atoms with E-state index >= 15 is 0 Å². The molecule has 0 radical (unpaired) electrons. The van der Waals surface area contributed by atoms with Gasteiger partial charge in [0.15, 0.2) is 0 Å². The molecule has 4 nitrogen and oxygen atoms in total. The summed E-state index contributed by atoms with van der Waals surface area (Å²) in [6, 6.07) is 3.97. The molecule has 0 spiro atoms. The number of nitrogens with zero attached hydrogens (tertiary/aromatic N) is 2. The van der Waals surface area contributed by atoms with E-state index < -0.39 is 5.60 Å². The third kappa shape index (κ3) is 3.17. The topological polar surface area (TPSA) is 45.6 Å². The van der Waals surface area contributed by atoms with Crippen molar-refractivity contribution in [3.05, 3.63) is 23.9 Å². The van der Waals surface area contributed by atoms with Gasteiger partial charge in [0.05, 0.1) is 12.7 Å². The van der Waals surface area contributed by atoms with Crippen molar-refractivity contribution in [2.75, 3.05) is 20.2 Å². The van der Waals surface area contributed by atoms with Crippen LogP contribution in [0, 0.1) is 0 Å². The van der Waals surface area contributed by atoms with E-state index in [0.717, 1.165) is 38.0 Å². The van der Waals surface area contributed by atoms with Crippen molar-refractivity contribution in [1.82, 2.24) is 9.88 Å². The maximum atomic E-state index is 9.90. The molecule has 1 fully saturated rings. The van der Waals surface area contributed by atoms with E-state index in [4.69, 9.17) is 4.74 Å². The Labute approximate surface area is 102 Å². The molecule has 4 heteroatoms. The number of likely N-dealkylation sites (tertiary alicyclic amines) is 1. The van der Waals surface area contributed by atoms with Gasteiger partial charge in [0, 0.05) is 31.4 Å². The molecule has 1 saturated heterocycles. The molecule has 1 aromatic heterocycles. The zero-order valence-electron chi connectivity index (χ0n) is 10.5. The summed E-state index contributed by atoms with van der Waals surface area (Å²) in [4.78, 5) is 6.52. The lowest BCUT2D eigenvalue weighted by Crippen LogP contribution is -2.42. The van der Waals surface area contributed by atoms with Crippen LogP contribution in [0.3, 0.4) is 0 Å². The third-order valence-electron chi connectivity index (χ3n) is 3.37. The summed E-state index contributed by atoms with van der Waals surface area (Å²) in [6.45, 7) is 4.60. The van der Waals surface area contributed by atoms with Gasteiger partial charge in [-0.3, -0.25) is 4.90 Å². The van der Waals surface area contributed by atoms with Gasteiger partial charge in [0.25, 0.3) is 0 Å². The molecular formula is C13H20N2O2. The predicted molar refractivity (Wildman–Crippen MR) is 65.9 cm³/mol. The molecule has 0 unspecified atom stereocenters. The van der Waals surface area contributed by atoms with Gasteiger partial charge in [-0.25, -0.2) is 4.98 Å². The molecule has 0 aliphatic carbocycles. The number of hydrogen-bond acceptors (Lipinski definition) is 4. The van der Waals surface area contributed by atoms with E-state index in [9.17, 15) is 5.11 Å². The predicted octanol–water partition coefficient (Wildman–Crippen LogP) is 1.44. The monoisotopic (exact) mass is 236 g/mol. The molecular weight excluding hydrogens is 216 g/mol. The zero-order chi connectivity index (χ0) is 12.3. The van der Waals surface area contributed by atoms with Gasteiger partial charge in [-0.05, 0) is 25.8 Å². The van der Waals surface area contributed by atoms with Crippen molar-refractivity contribution in [2.24, 2.45) is 0 Å². The van der Waals surface area contributed by atoms with Crippen molar-refractivity contribution in [3.63, 3.8) is 0 Å². The minimum atomic E-state index is -0.491. The van der Waals surface area contributed by atoms with Gasteiger partial charge < -0.3 is 9.84 Å². The van der Waals surface area contributed by atoms with Crippen LogP contribution in [-0.2, 0) is 6.54 Å². The van der Waals surface area contributed by atoms with Crippen molar-refractivity contribution in [2.45, 2.75) is 31.9 Å². The standard InChI is InChI=1S/C13H20N2O2/c1-13(16)5-8-15(9-6-13)10-11-4-3-7-14-12(11)17-2/h3-4,7,16H,5-6,8-10H2,1-2H3. The molecule has 1 aromatic rings. The van der Waals surface area contributed by atoms with Crippen molar-refractivity contribution in [3.8, 4) is 5.88 Å². The number of rotatable bonds is 3.